The molecule has 0 amide bonds. The molecule has 48 valence electrons. The van der Waals surface area contributed by atoms with Crippen LogP contribution >= 0.6 is 11.6 Å². The lowest BCUT2D eigenvalue weighted by Gasteiger charge is -1.91. The zero-order chi connectivity index (χ0) is 12.0. The lowest BCUT2D eigenvalue weighted by atomic mass is 10.2. The van der Waals surface area contributed by atoms with Gasteiger partial charge in [0.05, 0.1) is 5.48 Å². The molecule has 0 spiro atoms. The summed E-state index contributed by atoms with van der Waals surface area (Å²) in [6.07, 6.45) is 0. The van der Waals surface area contributed by atoms with Gasteiger partial charge in [-0.3, -0.25) is 0 Å². The Hall–Kier alpha value is -0.560. The summed E-state index contributed by atoms with van der Waals surface area (Å²) in [5.74, 6) is -3.87. The van der Waals surface area contributed by atoms with E-state index in [2.05, 4.69) is 0 Å². The first-order valence-electron chi connectivity index (χ1n) is 5.13. The minimum Gasteiger partial charge on any atom is -0.207 e. The number of benzene rings is 1. The summed E-state index contributed by atoms with van der Waals surface area (Å²) in [7, 11) is 0. The van der Waals surface area contributed by atoms with Crippen molar-refractivity contribution in [2.24, 2.45) is 0 Å². The smallest absolute Gasteiger partial charge is 0.123 e. The van der Waals surface area contributed by atoms with Gasteiger partial charge in [-0.2, -0.15) is 0 Å². The van der Waals surface area contributed by atoms with Gasteiger partial charge in [-0.25, -0.2) is 4.39 Å². The molecule has 0 heterocycles. The molecule has 0 N–H and O–H groups in total. The summed E-state index contributed by atoms with van der Waals surface area (Å²) in [6, 6.07) is -3.44. The topological polar surface area (TPSA) is 0 Å². The molecule has 0 nitrogen and oxygen atoms in total. The van der Waals surface area contributed by atoms with Crippen molar-refractivity contribution >= 4 is 11.6 Å². The van der Waals surface area contributed by atoms with Gasteiger partial charge < -0.3 is 0 Å². The zero-order valence-electron chi connectivity index (χ0n) is 10.3. The minimum atomic E-state index is -2.56. The molecule has 0 aromatic heterocycles. The summed E-state index contributed by atoms with van der Waals surface area (Å²) in [4.78, 5) is 0. The minimum absolute atomic E-state index is 0.652. The Bertz CT molecular complexity index is 384. The average Bonchev–Trinajstić information content (AvgIpc) is 2.09. The van der Waals surface area contributed by atoms with Crippen LogP contribution in [0.1, 0.15) is 13.8 Å². The van der Waals surface area contributed by atoms with Crippen LogP contribution in [0.3, 0.4) is 0 Å². The predicted octanol–water partition coefficient (Wildman–Crippen LogP) is 2.56. The van der Waals surface area contributed by atoms with Crippen molar-refractivity contribution in [3.05, 3.63) is 35.6 Å². The summed E-state index contributed by atoms with van der Waals surface area (Å²) in [5, 5.41) is 0. The highest BCUT2D eigenvalue weighted by Crippen LogP contribution is 2.04. The highest BCUT2D eigenvalue weighted by Gasteiger charge is 1.88. The van der Waals surface area contributed by atoms with Crippen molar-refractivity contribution in [2.75, 3.05) is 0 Å². The van der Waals surface area contributed by atoms with Crippen LogP contribution in [-0.2, 0) is 5.83 Å². The summed E-state index contributed by atoms with van der Waals surface area (Å²) >= 11 is 5.27. The monoisotopic (exact) mass is 150 g/mol. The molecule has 0 saturated heterocycles. The van der Waals surface area contributed by atoms with Gasteiger partial charge >= 0.3 is 0 Å². The van der Waals surface area contributed by atoms with E-state index in [9.17, 15) is 4.39 Å². The van der Waals surface area contributed by atoms with Gasteiger partial charge in [0, 0.05) is 8.57 Å². The van der Waals surface area contributed by atoms with Crippen LogP contribution in [0.5, 0.6) is 0 Å². The second-order valence-corrected chi connectivity index (χ2v) is 1.47. The third-order valence-electron chi connectivity index (χ3n) is 0.689. The molecule has 0 aliphatic rings. The second kappa shape index (κ2) is 2.83. The summed E-state index contributed by atoms with van der Waals surface area (Å²) in [5.41, 5.74) is -0.652. The molecule has 0 aliphatic heterocycles. The number of hydrogen-bond donors (Lipinski definition) is 0. The molecular weight excluding hydrogens is 139 g/mol. The Labute approximate surface area is 66.7 Å². The molecule has 1 aromatic carbocycles. The molecule has 9 heavy (non-hydrogen) atoms. The van der Waals surface area contributed by atoms with Crippen LogP contribution in [0.15, 0.2) is 24.2 Å². The van der Waals surface area contributed by atoms with Gasteiger partial charge in [-0.1, -0.05) is 12.1 Å². The molecule has 0 atom stereocenters. The van der Waals surface area contributed by atoms with E-state index in [0.717, 1.165) is 0 Å². The fourth-order valence-electron chi connectivity index (χ4n) is 0.344. The van der Waals surface area contributed by atoms with E-state index >= 15 is 0 Å². The quantitative estimate of drug-likeness (QED) is 0.540. The van der Waals surface area contributed by atoms with Crippen molar-refractivity contribution in [3.63, 3.8) is 0 Å². The van der Waals surface area contributed by atoms with Crippen molar-refractivity contribution in [1.82, 2.24) is 0 Å². The normalized spacial score (nSPS) is 20.7. The van der Waals surface area contributed by atoms with Crippen LogP contribution in [0.4, 0.5) is 4.39 Å². The first-order chi connectivity index (χ1) is 6.68. The van der Waals surface area contributed by atoms with Crippen molar-refractivity contribution in [2.45, 2.75) is 5.83 Å². The highest BCUT2D eigenvalue weighted by molar-refractivity contribution is 6.17. The van der Waals surface area contributed by atoms with Gasteiger partial charge in [0.1, 0.15) is 5.82 Å². The second-order valence-electron chi connectivity index (χ2n) is 1.28. The van der Waals surface area contributed by atoms with Crippen molar-refractivity contribution in [1.29, 1.82) is 0 Å². The first kappa shape index (κ1) is 2.24. The van der Waals surface area contributed by atoms with Gasteiger partial charge in [-0.05, 0) is 17.6 Å². The lowest BCUT2D eigenvalue weighted by Crippen LogP contribution is -1.76. The van der Waals surface area contributed by atoms with E-state index in [1.54, 1.807) is 0 Å². The van der Waals surface area contributed by atoms with E-state index in [1.807, 2.05) is 0 Å². The van der Waals surface area contributed by atoms with Gasteiger partial charge in [0.25, 0.3) is 0 Å². The van der Waals surface area contributed by atoms with Crippen LogP contribution < -0.4 is 0 Å². The highest BCUT2D eigenvalue weighted by atomic mass is 35.5. The molecule has 0 bridgehead atoms. The zero-order valence-corrected chi connectivity index (χ0v) is 5.01. The summed E-state index contributed by atoms with van der Waals surface area (Å²) in [6.45, 7) is 0. The molecule has 0 aliphatic carbocycles. The van der Waals surface area contributed by atoms with Crippen LogP contribution in [0, 0.1) is 5.82 Å². The molecule has 1 aromatic rings. The molecular formula is C7H6ClF. The molecule has 0 fully saturated rings. The molecule has 0 saturated carbocycles. The maximum atomic E-state index is 13.0. The van der Waals surface area contributed by atoms with Gasteiger partial charge in [0.15, 0.2) is 0 Å². The van der Waals surface area contributed by atoms with Gasteiger partial charge in [-0.15, -0.1) is 11.6 Å². The van der Waals surface area contributed by atoms with E-state index < -0.39 is 41.4 Å². The van der Waals surface area contributed by atoms with Crippen molar-refractivity contribution < 1.29 is 12.6 Å². The van der Waals surface area contributed by atoms with E-state index in [0.29, 0.717) is 0 Å². The summed E-state index contributed by atoms with van der Waals surface area (Å²) < 4.78 is 56.1. The largest absolute Gasteiger partial charge is 0.207 e. The van der Waals surface area contributed by atoms with Crippen LogP contribution in [0.2, 0.25) is 0 Å². The fraction of sp³-hybridized carbons (Fsp3) is 0.143. The molecule has 2 heteroatoms. The SMILES string of the molecule is [2H]c1c([2H])c(C([2H])([2H])Cl)c([2H])c([2H])c1F. The standard InChI is InChI=1S/C7H6ClF/c8-5-6-1-3-7(9)4-2-6/h1-4H,5H2/i1D,2D,3D,4D,5D2. The number of hydrogen-bond acceptors (Lipinski definition) is 0. The Morgan fingerprint density at radius 3 is 2.56 bits per heavy atom. The first-order valence-corrected chi connectivity index (χ1v) is 2.51. The maximum absolute atomic E-state index is 13.0. The third-order valence-corrected chi connectivity index (χ3v) is 0.878. The maximum Gasteiger partial charge on any atom is 0.123 e. The molecule has 1 rings (SSSR count). The number of halogens is 2. The van der Waals surface area contributed by atoms with Crippen LogP contribution in [0.25, 0.3) is 0 Å². The lowest BCUT2D eigenvalue weighted by molar-refractivity contribution is 0.627. The Morgan fingerprint density at radius 1 is 1.56 bits per heavy atom. The number of alkyl halides is 1. The van der Waals surface area contributed by atoms with E-state index in [4.69, 9.17) is 19.8 Å². The third kappa shape index (κ3) is 1.68. The fourth-order valence-corrected chi connectivity index (χ4v) is 0.439. The molecule has 0 radical (unpaired) electrons. The van der Waals surface area contributed by atoms with Crippen LogP contribution in [-0.4, -0.2) is 0 Å². The van der Waals surface area contributed by atoms with E-state index in [1.165, 1.54) is 0 Å². The Morgan fingerprint density at radius 2 is 2.11 bits per heavy atom. The molecule has 0 unspecified atom stereocenters. The Balaban J connectivity index is 3.68. The van der Waals surface area contributed by atoms with Gasteiger partial charge in [0.2, 0.25) is 0 Å². The predicted molar refractivity (Wildman–Crippen MR) is 36.0 cm³/mol. The number of rotatable bonds is 1. The van der Waals surface area contributed by atoms with Crippen molar-refractivity contribution in [3.8, 4) is 0 Å². The average molecular weight is 151 g/mol. The Kier molecular flexibility index (Phi) is 0.705. The van der Waals surface area contributed by atoms with E-state index in [-0.39, 0.29) is 0 Å².